The lowest BCUT2D eigenvalue weighted by molar-refractivity contribution is -0.147. The molecule has 0 unspecified atom stereocenters. The lowest BCUT2D eigenvalue weighted by atomic mass is 9.53. The Morgan fingerprint density at radius 1 is 1.23 bits per heavy atom. The highest BCUT2D eigenvalue weighted by molar-refractivity contribution is 5.89. The standard InChI is InChI=1S/C27H33NO3/c1-13-10-14(2)20-21-19(11-13)31-24-16(4)15(3)22-18(12-17-8-6-5-7-9-17)28-26(30)27(22,23(21)24)25(20)29/h5-10,13,15,18-25,29H,4,11-12H2,1-3H3,(H,28,30)/t13-,15-,18+,19-,20+,21+,22+,23+,24-,25-,27-/m1/s1. The molecule has 0 radical (unpaired) electrons. The van der Waals surface area contributed by atoms with Gasteiger partial charge in [-0.3, -0.25) is 4.79 Å². The minimum atomic E-state index is -0.787. The zero-order valence-electron chi connectivity index (χ0n) is 18.6. The Morgan fingerprint density at radius 2 is 1.97 bits per heavy atom. The summed E-state index contributed by atoms with van der Waals surface area (Å²) in [6, 6.07) is 10.4. The van der Waals surface area contributed by atoms with Crippen molar-refractivity contribution in [2.24, 2.45) is 40.9 Å². The third kappa shape index (κ3) is 2.36. The van der Waals surface area contributed by atoms with Gasteiger partial charge in [-0.25, -0.2) is 0 Å². The summed E-state index contributed by atoms with van der Waals surface area (Å²) in [6.45, 7) is 11.1. The van der Waals surface area contributed by atoms with Gasteiger partial charge < -0.3 is 15.2 Å². The molecule has 2 N–H and O–H groups in total. The number of rotatable bonds is 2. The number of ether oxygens (including phenoxy) is 1. The van der Waals surface area contributed by atoms with Crippen LogP contribution in [-0.4, -0.2) is 35.4 Å². The van der Waals surface area contributed by atoms with Crippen LogP contribution in [0, 0.1) is 40.9 Å². The number of hydrogen-bond acceptors (Lipinski definition) is 3. The van der Waals surface area contributed by atoms with Crippen LogP contribution in [-0.2, 0) is 16.0 Å². The van der Waals surface area contributed by atoms with Crippen LogP contribution in [0.3, 0.4) is 0 Å². The second-order valence-corrected chi connectivity index (χ2v) is 10.9. The molecule has 3 aliphatic carbocycles. The third-order valence-electron chi connectivity index (χ3n) is 9.45. The molecule has 0 bridgehead atoms. The molecule has 2 saturated heterocycles. The summed E-state index contributed by atoms with van der Waals surface area (Å²) in [5, 5.41) is 15.3. The van der Waals surface area contributed by atoms with Crippen molar-refractivity contribution in [3.05, 3.63) is 59.7 Å². The minimum absolute atomic E-state index is 0.00171. The summed E-state index contributed by atoms with van der Waals surface area (Å²) in [4.78, 5) is 13.9. The van der Waals surface area contributed by atoms with Crippen molar-refractivity contribution in [2.75, 3.05) is 0 Å². The van der Waals surface area contributed by atoms with Crippen molar-refractivity contribution >= 4 is 5.91 Å². The molecule has 31 heavy (non-hydrogen) atoms. The molecule has 1 aromatic carbocycles. The third-order valence-corrected chi connectivity index (χ3v) is 9.45. The first kappa shape index (κ1) is 19.8. The first-order chi connectivity index (χ1) is 14.9. The maximum atomic E-state index is 13.9. The summed E-state index contributed by atoms with van der Waals surface area (Å²) in [5.41, 5.74) is 2.79. The molecule has 4 heteroatoms. The monoisotopic (exact) mass is 419 g/mol. The van der Waals surface area contributed by atoms with Gasteiger partial charge in [0.15, 0.2) is 0 Å². The molecule has 2 saturated carbocycles. The van der Waals surface area contributed by atoms with Crippen molar-refractivity contribution in [3.63, 3.8) is 0 Å². The summed E-state index contributed by atoms with van der Waals surface area (Å²) in [7, 11) is 0. The smallest absolute Gasteiger partial charge is 0.229 e. The largest absolute Gasteiger partial charge is 0.391 e. The summed E-state index contributed by atoms with van der Waals surface area (Å²) in [6.07, 6.45) is 3.34. The van der Waals surface area contributed by atoms with Crippen molar-refractivity contribution < 1.29 is 14.6 Å². The van der Waals surface area contributed by atoms with E-state index >= 15 is 0 Å². The molecule has 4 nitrogen and oxygen atoms in total. The van der Waals surface area contributed by atoms with Gasteiger partial charge in [0, 0.05) is 29.7 Å². The number of amides is 1. The van der Waals surface area contributed by atoms with Gasteiger partial charge >= 0.3 is 0 Å². The molecule has 4 fully saturated rings. The Kier molecular flexibility index (Phi) is 4.17. The summed E-state index contributed by atoms with van der Waals surface area (Å²) >= 11 is 0. The first-order valence-electron chi connectivity index (χ1n) is 11.9. The molecule has 1 spiro atoms. The van der Waals surface area contributed by atoms with Crippen molar-refractivity contribution in [1.82, 2.24) is 5.32 Å². The van der Waals surface area contributed by atoms with Crippen molar-refractivity contribution in [2.45, 2.75) is 58.0 Å². The number of carbonyl (C=O) groups excluding carboxylic acids is 1. The van der Waals surface area contributed by atoms with Gasteiger partial charge in [-0.2, -0.15) is 0 Å². The predicted molar refractivity (Wildman–Crippen MR) is 119 cm³/mol. The number of nitrogens with one attached hydrogen (secondary N) is 1. The van der Waals surface area contributed by atoms with Gasteiger partial charge in [0.1, 0.15) is 0 Å². The Hall–Kier alpha value is -1.91. The summed E-state index contributed by atoms with van der Waals surface area (Å²) < 4.78 is 6.68. The van der Waals surface area contributed by atoms with E-state index in [1.54, 1.807) is 0 Å². The Labute approximate surface area is 184 Å². The van der Waals surface area contributed by atoms with Gasteiger partial charge in [-0.1, -0.05) is 62.4 Å². The van der Waals surface area contributed by atoms with Gasteiger partial charge in [0.2, 0.25) is 5.91 Å². The van der Waals surface area contributed by atoms with Crippen molar-refractivity contribution in [1.29, 1.82) is 0 Å². The maximum Gasteiger partial charge on any atom is 0.229 e. The highest BCUT2D eigenvalue weighted by Crippen LogP contribution is 2.70. The van der Waals surface area contributed by atoms with E-state index < -0.39 is 11.5 Å². The second-order valence-electron chi connectivity index (χ2n) is 10.9. The highest BCUT2D eigenvalue weighted by Gasteiger charge is 2.78. The van der Waals surface area contributed by atoms with Crippen molar-refractivity contribution in [3.8, 4) is 0 Å². The average molecular weight is 420 g/mol. The van der Waals surface area contributed by atoms with E-state index in [2.05, 4.69) is 50.9 Å². The highest BCUT2D eigenvalue weighted by atomic mass is 16.5. The molecule has 1 amide bonds. The lowest BCUT2D eigenvalue weighted by Gasteiger charge is -2.49. The number of hydrogen-bond donors (Lipinski definition) is 2. The number of aliphatic hydroxyl groups is 1. The number of aliphatic hydroxyl groups excluding tert-OH is 1. The summed E-state index contributed by atoms with van der Waals surface area (Å²) in [5.74, 6) is 0.802. The SMILES string of the molecule is C=C1[C@@H](C)[C@H]2[C@H](Cc3ccccc3)NC(=O)[C@@]23[C@H]2[C@@H]4[C@H](C(C)=C[C@@H](C)C[C@H]4O[C@H]12)[C@H]3O. The van der Waals surface area contributed by atoms with E-state index in [0.717, 1.165) is 18.4 Å². The normalized spacial score (nSPS) is 49.9. The zero-order valence-corrected chi connectivity index (χ0v) is 18.6. The lowest BCUT2D eigenvalue weighted by Crippen LogP contribution is -2.57. The number of carbonyl (C=O) groups is 1. The predicted octanol–water partition coefficient (Wildman–Crippen LogP) is 3.51. The van der Waals surface area contributed by atoms with Crippen LogP contribution in [0.5, 0.6) is 0 Å². The average Bonchev–Trinajstić information content (AvgIpc) is 3.29. The van der Waals surface area contributed by atoms with E-state index in [9.17, 15) is 9.90 Å². The quantitative estimate of drug-likeness (QED) is 0.722. The van der Waals surface area contributed by atoms with E-state index in [-0.39, 0.29) is 53.7 Å². The molecular formula is C27H33NO3. The minimum Gasteiger partial charge on any atom is -0.391 e. The molecule has 164 valence electrons. The molecule has 6 rings (SSSR count). The van der Waals surface area contributed by atoms with Crippen LogP contribution in [0.4, 0.5) is 0 Å². The fourth-order valence-corrected chi connectivity index (χ4v) is 8.47. The van der Waals surface area contributed by atoms with Crippen LogP contribution >= 0.6 is 0 Å². The maximum absolute atomic E-state index is 13.9. The van der Waals surface area contributed by atoms with E-state index in [0.29, 0.717) is 5.92 Å². The van der Waals surface area contributed by atoms with Crippen LogP contribution < -0.4 is 5.32 Å². The second kappa shape index (κ2) is 6.55. The first-order valence-corrected chi connectivity index (χ1v) is 11.9. The van der Waals surface area contributed by atoms with Crippen LogP contribution in [0.15, 0.2) is 54.1 Å². The van der Waals surface area contributed by atoms with Gasteiger partial charge in [0.05, 0.1) is 23.7 Å². The number of benzene rings is 1. The Morgan fingerprint density at radius 3 is 2.71 bits per heavy atom. The molecular weight excluding hydrogens is 386 g/mol. The fourth-order valence-electron chi connectivity index (χ4n) is 8.47. The molecule has 2 heterocycles. The molecule has 1 aromatic rings. The van der Waals surface area contributed by atoms with Crippen LogP contribution in [0.2, 0.25) is 0 Å². The molecule has 11 atom stereocenters. The van der Waals surface area contributed by atoms with Crippen LogP contribution in [0.25, 0.3) is 0 Å². The zero-order chi connectivity index (χ0) is 21.7. The van der Waals surface area contributed by atoms with E-state index in [1.807, 2.05) is 18.2 Å². The fraction of sp³-hybridized carbons (Fsp3) is 0.593. The van der Waals surface area contributed by atoms with Gasteiger partial charge in [-0.15, -0.1) is 0 Å². The number of allylic oxidation sites excluding steroid dienone is 1. The van der Waals surface area contributed by atoms with E-state index in [1.165, 1.54) is 11.1 Å². The molecule has 5 aliphatic rings. The van der Waals surface area contributed by atoms with E-state index in [4.69, 9.17) is 4.74 Å². The van der Waals surface area contributed by atoms with Crippen LogP contribution in [0.1, 0.15) is 32.8 Å². The molecule has 2 aliphatic heterocycles. The molecule has 0 aromatic heterocycles. The Bertz CT molecular complexity index is 970. The van der Waals surface area contributed by atoms with Gasteiger partial charge in [0.25, 0.3) is 0 Å². The van der Waals surface area contributed by atoms with Gasteiger partial charge in [-0.05, 0) is 42.7 Å². The topological polar surface area (TPSA) is 58.6 Å². The Balaban J connectivity index is 1.50.